The van der Waals surface area contributed by atoms with Gasteiger partial charge in [-0.2, -0.15) is 0 Å². The van der Waals surface area contributed by atoms with E-state index in [1.807, 2.05) is 30.3 Å². The number of rotatable bonds is 1. The number of nitrogens with two attached hydrogens (primary N) is 1. The second-order valence-electron chi connectivity index (χ2n) is 4.26. The fourth-order valence-corrected chi connectivity index (χ4v) is 2.61. The van der Waals surface area contributed by atoms with E-state index in [1.165, 1.54) is 0 Å². The fourth-order valence-electron chi connectivity index (χ4n) is 2.61. The molecule has 80 valence electrons. The molecule has 1 heterocycles. The molecule has 0 aliphatic carbocycles. The van der Waals surface area contributed by atoms with Crippen molar-refractivity contribution in [3.8, 4) is 0 Å². The third-order valence-electron chi connectivity index (χ3n) is 3.50. The number of carbonyl (C=O) groups is 1. The maximum atomic E-state index is 11.7. The highest BCUT2D eigenvalue weighted by Crippen LogP contribution is 2.33. The number of carbonyl (C=O) groups excluding carboxylic acids is 1. The Hall–Kier alpha value is -1.35. The van der Waals surface area contributed by atoms with Crippen LogP contribution in [0.2, 0.25) is 0 Å². The lowest BCUT2D eigenvalue weighted by Gasteiger charge is -2.33. The van der Waals surface area contributed by atoms with E-state index >= 15 is 0 Å². The summed E-state index contributed by atoms with van der Waals surface area (Å²) in [6, 6.07) is 9.93. The monoisotopic (exact) mass is 205 g/mol. The molecule has 0 radical (unpaired) electrons. The molecule has 2 atom stereocenters. The average Bonchev–Trinajstić information content (AvgIpc) is 2.62. The van der Waals surface area contributed by atoms with Crippen molar-refractivity contribution in [3.63, 3.8) is 0 Å². The highest BCUT2D eigenvalue weighted by atomic mass is 16.2. The minimum atomic E-state index is -0.230. The molecule has 3 heteroatoms. The average molecular weight is 205 g/mol. The molecule has 0 bridgehead atoms. The van der Waals surface area contributed by atoms with Crippen LogP contribution in [0, 0.1) is 0 Å². The van der Waals surface area contributed by atoms with E-state index < -0.39 is 0 Å². The predicted molar refractivity (Wildman–Crippen MR) is 61.4 cm³/mol. The summed E-state index contributed by atoms with van der Waals surface area (Å²) in [5, 5.41) is 0. The maximum absolute atomic E-state index is 11.7. The number of para-hydroxylation sites is 1. The van der Waals surface area contributed by atoms with Crippen molar-refractivity contribution in [1.82, 2.24) is 4.48 Å². The van der Waals surface area contributed by atoms with Gasteiger partial charge >= 0.3 is 6.03 Å². The number of primary amides is 1. The normalized spacial score (nSPS) is 30.3. The van der Waals surface area contributed by atoms with Crippen molar-refractivity contribution in [2.24, 2.45) is 5.73 Å². The van der Waals surface area contributed by atoms with Gasteiger partial charge in [0.25, 0.3) is 0 Å². The summed E-state index contributed by atoms with van der Waals surface area (Å²) < 4.78 is 0.320. The highest BCUT2D eigenvalue weighted by Gasteiger charge is 2.46. The lowest BCUT2D eigenvalue weighted by atomic mass is 10.2. The SMILES string of the molecule is CC1CCC[N@@+]1(C(N)=O)c1ccccc1. The first-order chi connectivity index (χ1) is 7.18. The Morgan fingerprint density at radius 1 is 1.40 bits per heavy atom. The first-order valence-corrected chi connectivity index (χ1v) is 5.41. The van der Waals surface area contributed by atoms with Crippen LogP contribution in [0.5, 0.6) is 0 Å². The Kier molecular flexibility index (Phi) is 2.49. The Morgan fingerprint density at radius 2 is 2.07 bits per heavy atom. The van der Waals surface area contributed by atoms with Gasteiger partial charge in [0.1, 0.15) is 5.69 Å². The largest absolute Gasteiger partial charge is 0.419 e. The Labute approximate surface area is 90.1 Å². The molecule has 1 aromatic carbocycles. The highest BCUT2D eigenvalue weighted by molar-refractivity contribution is 5.86. The predicted octanol–water partition coefficient (Wildman–Crippen LogP) is 2.25. The first-order valence-electron chi connectivity index (χ1n) is 5.41. The van der Waals surface area contributed by atoms with Crippen molar-refractivity contribution < 1.29 is 4.79 Å². The topological polar surface area (TPSA) is 43.1 Å². The second-order valence-corrected chi connectivity index (χ2v) is 4.26. The summed E-state index contributed by atoms with van der Waals surface area (Å²) in [5.74, 6) is 0. The maximum Gasteiger partial charge on any atom is 0.419 e. The van der Waals surface area contributed by atoms with E-state index in [0.29, 0.717) is 10.5 Å². The van der Waals surface area contributed by atoms with Crippen LogP contribution in [0.25, 0.3) is 0 Å². The molecular formula is C12H17N2O+. The molecule has 1 fully saturated rings. The van der Waals surface area contributed by atoms with Crippen LogP contribution in [0.1, 0.15) is 19.8 Å². The third-order valence-corrected chi connectivity index (χ3v) is 3.50. The van der Waals surface area contributed by atoms with Gasteiger partial charge in [-0.05, 0) is 19.1 Å². The number of quaternary nitrogens is 1. The van der Waals surface area contributed by atoms with Crippen molar-refractivity contribution in [3.05, 3.63) is 30.3 Å². The van der Waals surface area contributed by atoms with Crippen LogP contribution >= 0.6 is 0 Å². The Morgan fingerprint density at radius 3 is 2.53 bits per heavy atom. The minimum absolute atomic E-state index is 0.230. The summed E-state index contributed by atoms with van der Waals surface area (Å²) >= 11 is 0. The summed E-state index contributed by atoms with van der Waals surface area (Å²) in [5.41, 5.74) is 6.61. The first kappa shape index (κ1) is 10.2. The number of benzene rings is 1. The van der Waals surface area contributed by atoms with Gasteiger partial charge < -0.3 is 5.73 Å². The van der Waals surface area contributed by atoms with Gasteiger partial charge in [-0.15, -0.1) is 0 Å². The molecule has 1 aromatic rings. The van der Waals surface area contributed by atoms with Gasteiger partial charge in [0.15, 0.2) is 0 Å². The summed E-state index contributed by atoms with van der Waals surface area (Å²) in [6.45, 7) is 2.94. The number of hydrogen-bond donors (Lipinski definition) is 1. The summed E-state index contributed by atoms with van der Waals surface area (Å²) in [4.78, 5) is 11.7. The standard InChI is InChI=1S/C12H16N2O/c1-10-6-5-9-14(10,12(13)15)11-7-3-2-4-8-11/h2-4,7-8,10H,5-6,9H2,1H3,(H-,13,15)/p+1/t10?,14-/m0/s1. The van der Waals surface area contributed by atoms with Crippen LogP contribution in [0.3, 0.4) is 0 Å². The number of likely N-dealkylation sites (tertiary alicyclic amines) is 1. The molecule has 0 aromatic heterocycles. The van der Waals surface area contributed by atoms with E-state index in [9.17, 15) is 4.79 Å². The molecule has 1 aliphatic rings. The van der Waals surface area contributed by atoms with E-state index in [-0.39, 0.29) is 6.03 Å². The third kappa shape index (κ3) is 1.43. The van der Waals surface area contributed by atoms with Crippen molar-refractivity contribution in [1.29, 1.82) is 0 Å². The molecule has 2 N–H and O–H groups in total. The molecule has 3 nitrogen and oxygen atoms in total. The molecule has 1 unspecified atom stereocenters. The van der Waals surface area contributed by atoms with Crippen LogP contribution in [0.4, 0.5) is 10.5 Å². The van der Waals surface area contributed by atoms with E-state index in [4.69, 9.17) is 5.73 Å². The van der Waals surface area contributed by atoms with E-state index in [1.54, 1.807) is 0 Å². The number of nitrogens with zero attached hydrogens (tertiary/aromatic N) is 1. The smallest absolute Gasteiger partial charge is 0.319 e. The van der Waals surface area contributed by atoms with Crippen LogP contribution in [0.15, 0.2) is 30.3 Å². The van der Waals surface area contributed by atoms with Crippen molar-refractivity contribution in [2.75, 3.05) is 6.54 Å². The van der Waals surface area contributed by atoms with E-state index in [2.05, 4.69) is 6.92 Å². The zero-order valence-electron chi connectivity index (χ0n) is 9.02. The Balaban J connectivity index is 2.49. The second kappa shape index (κ2) is 3.66. The number of hydrogen-bond acceptors (Lipinski definition) is 1. The van der Waals surface area contributed by atoms with E-state index in [0.717, 1.165) is 25.1 Å². The molecule has 1 aliphatic heterocycles. The lowest BCUT2D eigenvalue weighted by molar-refractivity contribution is 0.206. The summed E-state index contributed by atoms with van der Waals surface area (Å²) in [6.07, 6.45) is 2.14. The van der Waals surface area contributed by atoms with Crippen LogP contribution < -0.4 is 10.2 Å². The quantitative estimate of drug-likeness (QED) is 0.702. The molecule has 0 saturated carbocycles. The van der Waals surface area contributed by atoms with Gasteiger partial charge in [-0.1, -0.05) is 18.2 Å². The van der Waals surface area contributed by atoms with Gasteiger partial charge in [0, 0.05) is 12.8 Å². The Bertz CT molecular complexity index is 363. The molecule has 1 saturated heterocycles. The molecule has 15 heavy (non-hydrogen) atoms. The number of amides is 2. The summed E-state index contributed by atoms with van der Waals surface area (Å²) in [7, 11) is 0. The molecule has 2 amide bonds. The van der Waals surface area contributed by atoms with Crippen molar-refractivity contribution in [2.45, 2.75) is 25.8 Å². The van der Waals surface area contributed by atoms with Gasteiger partial charge in [0.2, 0.25) is 0 Å². The zero-order valence-corrected chi connectivity index (χ0v) is 9.02. The lowest BCUT2D eigenvalue weighted by Crippen LogP contribution is -2.59. The van der Waals surface area contributed by atoms with Crippen LogP contribution in [-0.4, -0.2) is 18.6 Å². The zero-order chi connectivity index (χ0) is 10.9. The van der Waals surface area contributed by atoms with Gasteiger partial charge in [-0.3, -0.25) is 0 Å². The van der Waals surface area contributed by atoms with Crippen LogP contribution in [-0.2, 0) is 0 Å². The van der Waals surface area contributed by atoms with Gasteiger partial charge in [0.05, 0.1) is 12.6 Å². The van der Waals surface area contributed by atoms with Crippen molar-refractivity contribution >= 4 is 11.7 Å². The molecular weight excluding hydrogens is 188 g/mol. The minimum Gasteiger partial charge on any atom is -0.319 e. The molecule has 0 spiro atoms. The molecule has 2 rings (SSSR count). The number of urea groups is 1. The fraction of sp³-hybridized carbons (Fsp3) is 0.417. The van der Waals surface area contributed by atoms with Gasteiger partial charge in [-0.25, -0.2) is 9.28 Å².